The number of nitrogens with zero attached hydrogens (tertiary/aromatic N) is 3. The summed E-state index contributed by atoms with van der Waals surface area (Å²) in [5.41, 5.74) is 6.82. The van der Waals surface area contributed by atoms with Gasteiger partial charge in [0.1, 0.15) is 0 Å². The predicted molar refractivity (Wildman–Crippen MR) is 78.3 cm³/mol. The molecule has 1 aliphatic rings. The van der Waals surface area contributed by atoms with Gasteiger partial charge in [0, 0.05) is 37.6 Å². The minimum absolute atomic E-state index is 0.603. The second-order valence-electron chi connectivity index (χ2n) is 4.99. The molecule has 0 bridgehead atoms. The molecule has 102 valence electrons. The minimum atomic E-state index is 0.603. The lowest BCUT2D eigenvalue weighted by Crippen LogP contribution is -2.43. The zero-order chi connectivity index (χ0) is 13.1. The average Bonchev–Trinajstić information content (AvgIpc) is 2.79. The van der Waals surface area contributed by atoms with Crippen molar-refractivity contribution in [2.24, 2.45) is 5.73 Å². The van der Waals surface area contributed by atoms with Crippen molar-refractivity contribution in [1.82, 2.24) is 9.88 Å². The number of likely N-dealkylation sites (tertiary alicyclic amines) is 1. The lowest BCUT2D eigenvalue weighted by atomic mass is 10.0. The lowest BCUT2D eigenvalue weighted by Gasteiger charge is -2.36. The number of hydrogen-bond donors (Lipinski definition) is 1. The van der Waals surface area contributed by atoms with E-state index in [0.29, 0.717) is 12.6 Å². The zero-order valence-electron chi connectivity index (χ0n) is 11.6. The molecule has 2 rings (SSSR count). The fraction of sp³-hybridized carbons (Fsp3) is 0.769. The molecule has 0 spiro atoms. The molecule has 0 atom stereocenters. The van der Waals surface area contributed by atoms with E-state index in [1.54, 1.807) is 11.3 Å². The van der Waals surface area contributed by atoms with Crippen LogP contribution in [0.1, 0.15) is 30.3 Å². The van der Waals surface area contributed by atoms with Gasteiger partial charge in [0.25, 0.3) is 0 Å². The molecule has 0 unspecified atom stereocenters. The van der Waals surface area contributed by atoms with Crippen LogP contribution in [0.3, 0.4) is 0 Å². The standard InChI is InChI=1S/C13H24N4S/c1-4-17-7-5-11(6-8-17)16(3)13-15-10(2)12(9-14)18-13/h11H,4-9,14H2,1-3H3. The van der Waals surface area contributed by atoms with E-state index in [1.807, 2.05) is 0 Å². The van der Waals surface area contributed by atoms with Gasteiger partial charge in [-0.3, -0.25) is 0 Å². The molecule has 0 amide bonds. The fourth-order valence-electron chi connectivity index (χ4n) is 2.53. The number of thiazole rings is 1. The Labute approximate surface area is 114 Å². The Kier molecular flexibility index (Phi) is 4.59. The normalized spacial score (nSPS) is 18.2. The van der Waals surface area contributed by atoms with Crippen LogP contribution in [0.15, 0.2) is 0 Å². The summed E-state index contributed by atoms with van der Waals surface area (Å²) in [6, 6.07) is 0.629. The number of aryl methyl sites for hydroxylation is 1. The van der Waals surface area contributed by atoms with Crippen molar-refractivity contribution in [2.45, 2.75) is 39.3 Å². The van der Waals surface area contributed by atoms with E-state index in [0.717, 1.165) is 10.8 Å². The number of nitrogens with two attached hydrogens (primary N) is 1. The van der Waals surface area contributed by atoms with Crippen molar-refractivity contribution in [2.75, 3.05) is 31.6 Å². The molecule has 1 fully saturated rings. The van der Waals surface area contributed by atoms with E-state index >= 15 is 0 Å². The van der Waals surface area contributed by atoms with Crippen molar-refractivity contribution < 1.29 is 0 Å². The van der Waals surface area contributed by atoms with Gasteiger partial charge in [0.2, 0.25) is 0 Å². The number of aromatic nitrogens is 1. The number of rotatable bonds is 4. The summed E-state index contributed by atoms with van der Waals surface area (Å²) in [7, 11) is 2.17. The van der Waals surface area contributed by atoms with Crippen LogP contribution < -0.4 is 10.6 Å². The van der Waals surface area contributed by atoms with Crippen LogP contribution >= 0.6 is 11.3 Å². The number of piperidine rings is 1. The molecule has 2 heterocycles. The Bertz CT molecular complexity index is 382. The Morgan fingerprint density at radius 1 is 1.44 bits per heavy atom. The first-order chi connectivity index (χ1) is 8.65. The summed E-state index contributed by atoms with van der Waals surface area (Å²) in [5.74, 6) is 0. The minimum Gasteiger partial charge on any atom is -0.348 e. The Morgan fingerprint density at radius 2 is 2.11 bits per heavy atom. The molecule has 5 heteroatoms. The molecular weight excluding hydrogens is 244 g/mol. The molecule has 4 nitrogen and oxygen atoms in total. The molecule has 1 aromatic rings. The molecule has 1 saturated heterocycles. The van der Waals surface area contributed by atoms with Crippen molar-refractivity contribution in [3.05, 3.63) is 10.6 Å². The van der Waals surface area contributed by atoms with Crippen molar-refractivity contribution in [3.63, 3.8) is 0 Å². The summed E-state index contributed by atoms with van der Waals surface area (Å²) in [4.78, 5) is 10.7. The second-order valence-corrected chi connectivity index (χ2v) is 6.05. The van der Waals surface area contributed by atoms with Crippen LogP contribution in [-0.2, 0) is 6.54 Å². The fourth-order valence-corrected chi connectivity index (χ4v) is 3.50. The van der Waals surface area contributed by atoms with Crippen LogP contribution in [-0.4, -0.2) is 42.6 Å². The molecule has 1 aliphatic heterocycles. The first-order valence-electron chi connectivity index (χ1n) is 6.77. The highest BCUT2D eigenvalue weighted by atomic mass is 32.1. The Morgan fingerprint density at radius 3 is 2.61 bits per heavy atom. The van der Waals surface area contributed by atoms with Gasteiger partial charge in [-0.25, -0.2) is 4.98 Å². The largest absolute Gasteiger partial charge is 0.348 e. The van der Waals surface area contributed by atoms with Gasteiger partial charge < -0.3 is 15.5 Å². The highest BCUT2D eigenvalue weighted by Gasteiger charge is 2.23. The summed E-state index contributed by atoms with van der Waals surface area (Å²) >= 11 is 1.74. The molecule has 0 aromatic carbocycles. The van der Waals surface area contributed by atoms with E-state index in [-0.39, 0.29) is 0 Å². The average molecular weight is 268 g/mol. The molecule has 2 N–H and O–H groups in total. The first-order valence-corrected chi connectivity index (χ1v) is 7.59. The molecule has 0 radical (unpaired) electrons. The van der Waals surface area contributed by atoms with Crippen LogP contribution in [0, 0.1) is 6.92 Å². The van der Waals surface area contributed by atoms with E-state index in [4.69, 9.17) is 5.73 Å². The van der Waals surface area contributed by atoms with Gasteiger partial charge in [-0.05, 0) is 26.3 Å². The van der Waals surface area contributed by atoms with Crippen LogP contribution in [0.25, 0.3) is 0 Å². The molecule has 18 heavy (non-hydrogen) atoms. The summed E-state index contributed by atoms with van der Waals surface area (Å²) in [6.45, 7) is 8.48. The van der Waals surface area contributed by atoms with E-state index in [2.05, 4.69) is 35.7 Å². The summed E-state index contributed by atoms with van der Waals surface area (Å²) in [5, 5.41) is 1.13. The lowest BCUT2D eigenvalue weighted by molar-refractivity contribution is 0.221. The topological polar surface area (TPSA) is 45.4 Å². The van der Waals surface area contributed by atoms with Gasteiger partial charge in [-0.2, -0.15) is 0 Å². The Hall–Kier alpha value is -0.650. The third kappa shape index (κ3) is 2.84. The van der Waals surface area contributed by atoms with Crippen molar-refractivity contribution >= 4 is 16.5 Å². The zero-order valence-corrected chi connectivity index (χ0v) is 12.5. The van der Waals surface area contributed by atoms with Gasteiger partial charge >= 0.3 is 0 Å². The molecule has 0 aliphatic carbocycles. The molecule has 0 saturated carbocycles. The SMILES string of the molecule is CCN1CCC(N(C)c2nc(C)c(CN)s2)CC1. The van der Waals surface area contributed by atoms with Gasteiger partial charge in [0.05, 0.1) is 5.69 Å². The second kappa shape index (κ2) is 5.99. The van der Waals surface area contributed by atoms with Crippen molar-refractivity contribution in [3.8, 4) is 0 Å². The van der Waals surface area contributed by atoms with Crippen LogP contribution in [0.2, 0.25) is 0 Å². The van der Waals surface area contributed by atoms with E-state index in [1.165, 1.54) is 37.4 Å². The highest BCUT2D eigenvalue weighted by molar-refractivity contribution is 7.15. The van der Waals surface area contributed by atoms with Crippen LogP contribution in [0.5, 0.6) is 0 Å². The Balaban J connectivity index is 2.00. The summed E-state index contributed by atoms with van der Waals surface area (Å²) < 4.78 is 0. The first kappa shape index (κ1) is 13.8. The maximum atomic E-state index is 5.72. The maximum absolute atomic E-state index is 5.72. The van der Waals surface area contributed by atoms with E-state index in [9.17, 15) is 0 Å². The molecule has 1 aromatic heterocycles. The van der Waals surface area contributed by atoms with E-state index < -0.39 is 0 Å². The molecular formula is C13H24N4S. The third-order valence-corrected chi connectivity index (χ3v) is 5.19. The quantitative estimate of drug-likeness (QED) is 0.905. The summed E-state index contributed by atoms with van der Waals surface area (Å²) in [6.07, 6.45) is 2.47. The van der Waals surface area contributed by atoms with Crippen molar-refractivity contribution in [1.29, 1.82) is 0 Å². The van der Waals surface area contributed by atoms with Gasteiger partial charge in [-0.1, -0.05) is 6.92 Å². The van der Waals surface area contributed by atoms with Gasteiger partial charge in [0.15, 0.2) is 5.13 Å². The van der Waals surface area contributed by atoms with Crippen LogP contribution in [0.4, 0.5) is 5.13 Å². The maximum Gasteiger partial charge on any atom is 0.185 e. The van der Waals surface area contributed by atoms with Gasteiger partial charge in [-0.15, -0.1) is 11.3 Å². The smallest absolute Gasteiger partial charge is 0.185 e. The number of hydrogen-bond acceptors (Lipinski definition) is 5. The highest BCUT2D eigenvalue weighted by Crippen LogP contribution is 2.28. The monoisotopic (exact) mass is 268 g/mol. The third-order valence-electron chi connectivity index (χ3n) is 3.92. The number of anilines is 1. The predicted octanol–water partition coefficient (Wildman–Crippen LogP) is 1.83.